The van der Waals surface area contributed by atoms with Crippen LogP contribution in [0.2, 0.25) is 0 Å². The van der Waals surface area contributed by atoms with Crippen LogP contribution in [-0.4, -0.2) is 29.4 Å². The zero-order chi connectivity index (χ0) is 34.2. The molecular weight excluding hydrogens is 731 g/mol. The molecule has 0 aliphatic rings. The first kappa shape index (κ1) is 32.7. The molecule has 240 valence electrons. The number of nitrogens with zero attached hydrogens (tertiary/aromatic N) is 5. The summed E-state index contributed by atoms with van der Waals surface area (Å²) in [6.07, 6.45) is 6.96. The smallest absolute Gasteiger partial charge is 0.295 e. The van der Waals surface area contributed by atoms with Crippen molar-refractivity contribution in [2.24, 2.45) is 0 Å². The molecule has 0 aliphatic carbocycles. The van der Waals surface area contributed by atoms with Crippen LogP contribution in [0.1, 0.15) is 0 Å². The van der Waals surface area contributed by atoms with Gasteiger partial charge in [-0.1, -0.05) is 48.5 Å². The van der Waals surface area contributed by atoms with E-state index in [1.165, 1.54) is 15.7 Å². The van der Waals surface area contributed by atoms with Gasteiger partial charge in [0.25, 0.3) is 11.4 Å². The first-order valence-electron chi connectivity index (χ1n) is 15.0. The second-order valence-electron chi connectivity index (χ2n) is 10.6. The highest BCUT2D eigenvalue weighted by atomic mass is 127. The number of halogens is 1. The van der Waals surface area contributed by atoms with E-state index in [0.29, 0.717) is 11.4 Å². The largest absolute Gasteiger partial charge is 0.361 e. The molecule has 0 radical (unpaired) electrons. The van der Waals surface area contributed by atoms with E-state index in [0.717, 1.165) is 38.6 Å². The Morgan fingerprint density at radius 3 is 1.76 bits per heavy atom. The zero-order valence-electron chi connectivity index (χ0n) is 25.8. The summed E-state index contributed by atoms with van der Waals surface area (Å²) >= 11 is 2.28. The van der Waals surface area contributed by atoms with E-state index in [-0.39, 0.29) is 11.4 Å². The van der Waals surface area contributed by atoms with Crippen LogP contribution in [0.4, 0.5) is 11.4 Å². The maximum atomic E-state index is 11.2. The van der Waals surface area contributed by atoms with Gasteiger partial charge in [-0.3, -0.25) is 20.2 Å². The molecule has 0 amide bonds. The van der Waals surface area contributed by atoms with Crippen molar-refractivity contribution in [2.45, 2.75) is 0 Å². The van der Waals surface area contributed by atoms with Crippen LogP contribution in [0.3, 0.4) is 0 Å². The molecule has 8 rings (SSSR count). The molecular formula is C38H27IN6O4. The molecule has 0 unspecified atom stereocenters. The van der Waals surface area contributed by atoms with Gasteiger partial charge in [-0.2, -0.15) is 0 Å². The van der Waals surface area contributed by atoms with Crippen molar-refractivity contribution in [2.75, 3.05) is 0 Å². The fraction of sp³-hybridized carbons (Fsp3) is 0. The molecule has 49 heavy (non-hydrogen) atoms. The standard InChI is InChI=1S/C19H13N3O2.C13H9N3O2.C6H5I/c23-22(24)18-7-4-11-20-19(18)15-8-9-17-14(13-15)10-12-21(17)16-5-2-1-3-6-16;17-16(18)12-2-1-6-15-13(12)10-3-4-11-9(8-10)5-7-14-11;7-6-4-2-1-3-5-6/h1-13H;1-8,14H;1-5H. The predicted molar refractivity (Wildman–Crippen MR) is 201 cm³/mol. The Kier molecular flexibility index (Phi) is 10.1. The summed E-state index contributed by atoms with van der Waals surface area (Å²) in [7, 11) is 0. The number of para-hydroxylation sites is 1. The van der Waals surface area contributed by atoms with Gasteiger partial charge in [-0.25, -0.2) is 9.97 Å². The lowest BCUT2D eigenvalue weighted by Crippen LogP contribution is -1.94. The second-order valence-corrected chi connectivity index (χ2v) is 11.9. The minimum absolute atomic E-state index is 0.0133. The summed E-state index contributed by atoms with van der Waals surface area (Å²) in [6.45, 7) is 0. The van der Waals surface area contributed by atoms with E-state index in [4.69, 9.17) is 0 Å². The maximum Gasteiger partial charge on any atom is 0.295 e. The Bertz CT molecular complexity index is 2380. The molecule has 11 heteroatoms. The lowest BCUT2D eigenvalue weighted by molar-refractivity contribution is -0.384. The molecule has 4 aromatic heterocycles. The molecule has 0 spiro atoms. The van der Waals surface area contributed by atoms with E-state index in [9.17, 15) is 20.2 Å². The van der Waals surface area contributed by atoms with Crippen molar-refractivity contribution in [3.05, 3.63) is 182 Å². The molecule has 0 aliphatic heterocycles. The van der Waals surface area contributed by atoms with Crippen LogP contribution in [0.25, 0.3) is 50.0 Å². The predicted octanol–water partition coefficient (Wildman–Crippen LogP) is 10.0. The van der Waals surface area contributed by atoms with Crippen molar-refractivity contribution < 1.29 is 9.85 Å². The summed E-state index contributed by atoms with van der Waals surface area (Å²) in [6, 6.07) is 41.6. The van der Waals surface area contributed by atoms with Gasteiger partial charge < -0.3 is 9.55 Å². The fourth-order valence-corrected chi connectivity index (χ4v) is 5.67. The molecule has 4 aromatic carbocycles. The minimum Gasteiger partial charge on any atom is -0.361 e. The highest BCUT2D eigenvalue weighted by Crippen LogP contribution is 2.31. The number of fused-ring (bicyclic) bond motifs is 2. The van der Waals surface area contributed by atoms with E-state index in [2.05, 4.69) is 54.2 Å². The molecule has 1 N–H and O–H groups in total. The number of hydrogen-bond donors (Lipinski definition) is 1. The number of benzene rings is 4. The van der Waals surface area contributed by atoms with Gasteiger partial charge in [0.2, 0.25) is 0 Å². The number of rotatable bonds is 5. The van der Waals surface area contributed by atoms with Crippen LogP contribution in [0, 0.1) is 23.8 Å². The summed E-state index contributed by atoms with van der Waals surface area (Å²) < 4.78 is 3.38. The van der Waals surface area contributed by atoms with Gasteiger partial charge in [-0.05, 0) is 95.4 Å². The Hall–Kier alpha value is -6.21. The molecule has 4 heterocycles. The van der Waals surface area contributed by atoms with Gasteiger partial charge in [0.05, 0.1) is 15.4 Å². The molecule has 8 aromatic rings. The first-order chi connectivity index (χ1) is 23.9. The van der Waals surface area contributed by atoms with Crippen molar-refractivity contribution in [3.8, 4) is 28.2 Å². The maximum absolute atomic E-state index is 11.2. The van der Waals surface area contributed by atoms with Gasteiger partial charge >= 0.3 is 0 Å². The van der Waals surface area contributed by atoms with Crippen molar-refractivity contribution >= 4 is 55.8 Å². The molecule has 0 bridgehead atoms. The van der Waals surface area contributed by atoms with Crippen molar-refractivity contribution in [3.63, 3.8) is 0 Å². The van der Waals surface area contributed by atoms with Gasteiger partial charge in [0.15, 0.2) is 0 Å². The fourth-order valence-electron chi connectivity index (χ4n) is 5.25. The number of H-pyrrole nitrogens is 1. The van der Waals surface area contributed by atoms with Crippen molar-refractivity contribution in [1.29, 1.82) is 0 Å². The monoisotopic (exact) mass is 758 g/mol. The highest BCUT2D eigenvalue weighted by Gasteiger charge is 2.17. The number of aromatic amines is 1. The SMILES string of the molecule is Ic1ccccc1.O=[N+]([O-])c1cccnc1-c1ccc2[nH]ccc2c1.O=[N+]([O-])c1cccnc1-c1ccc2c(ccn2-c2ccccc2)c1. The number of nitro groups is 2. The van der Waals surface area contributed by atoms with Crippen LogP contribution >= 0.6 is 22.6 Å². The lowest BCUT2D eigenvalue weighted by Gasteiger charge is -2.06. The molecule has 0 atom stereocenters. The van der Waals surface area contributed by atoms with Gasteiger partial charge in [-0.15, -0.1) is 0 Å². The summed E-state index contributed by atoms with van der Waals surface area (Å²) in [5, 5.41) is 24.2. The normalized spacial score (nSPS) is 10.5. The van der Waals surface area contributed by atoms with Crippen LogP contribution < -0.4 is 0 Å². The highest BCUT2D eigenvalue weighted by molar-refractivity contribution is 14.1. The van der Waals surface area contributed by atoms with Crippen molar-refractivity contribution in [1.82, 2.24) is 19.5 Å². The van der Waals surface area contributed by atoms with E-state index in [1.54, 1.807) is 24.5 Å². The lowest BCUT2D eigenvalue weighted by atomic mass is 10.1. The Balaban J connectivity index is 0.000000146. The Labute approximate surface area is 294 Å². The number of nitrogens with one attached hydrogen (secondary N) is 1. The van der Waals surface area contributed by atoms with E-state index < -0.39 is 9.85 Å². The molecule has 0 fully saturated rings. The Morgan fingerprint density at radius 2 is 1.18 bits per heavy atom. The quantitative estimate of drug-likeness (QED) is 0.106. The van der Waals surface area contributed by atoms with E-state index in [1.807, 2.05) is 109 Å². The average molecular weight is 759 g/mol. The molecule has 0 saturated heterocycles. The first-order valence-corrected chi connectivity index (χ1v) is 16.1. The third-order valence-electron chi connectivity index (χ3n) is 7.52. The van der Waals surface area contributed by atoms with E-state index >= 15 is 0 Å². The summed E-state index contributed by atoms with van der Waals surface area (Å²) in [4.78, 5) is 32.7. The van der Waals surface area contributed by atoms with Gasteiger partial charge in [0, 0.05) is 73.6 Å². The second kappa shape index (κ2) is 15.1. The third-order valence-corrected chi connectivity index (χ3v) is 8.24. The topological polar surface area (TPSA) is 133 Å². The van der Waals surface area contributed by atoms with Crippen LogP contribution in [0.15, 0.2) is 158 Å². The third kappa shape index (κ3) is 7.68. The number of hydrogen-bond acceptors (Lipinski definition) is 6. The number of pyridine rings is 2. The minimum atomic E-state index is -0.413. The summed E-state index contributed by atoms with van der Waals surface area (Å²) in [5.41, 5.74) is 5.41. The number of aromatic nitrogens is 4. The Morgan fingerprint density at radius 1 is 0.612 bits per heavy atom. The molecule has 10 nitrogen and oxygen atoms in total. The summed E-state index contributed by atoms with van der Waals surface area (Å²) in [5.74, 6) is 0. The average Bonchev–Trinajstić information content (AvgIpc) is 3.79. The van der Waals surface area contributed by atoms with Crippen LogP contribution in [0.5, 0.6) is 0 Å². The van der Waals surface area contributed by atoms with Gasteiger partial charge in [0.1, 0.15) is 11.4 Å². The zero-order valence-corrected chi connectivity index (χ0v) is 27.9. The van der Waals surface area contributed by atoms with Crippen LogP contribution in [-0.2, 0) is 0 Å². The molecule has 0 saturated carbocycles.